The molecule has 0 bridgehead atoms. The number of carboxylic acids is 1. The van der Waals surface area contributed by atoms with E-state index in [0.29, 0.717) is 11.5 Å². The van der Waals surface area contributed by atoms with Crippen molar-refractivity contribution >= 4 is 5.97 Å². The number of carboxylic acid groups (broad SMARTS) is 1. The summed E-state index contributed by atoms with van der Waals surface area (Å²) in [6.45, 7) is 0.0153. The first-order valence-corrected chi connectivity index (χ1v) is 4.13. The number of aliphatic hydroxyl groups is 1. The second kappa shape index (κ2) is 3.32. The number of phenolic OH excluding ortho intramolecular Hbond substituents is 1. The number of aromatic hydroxyl groups is 1. The highest BCUT2D eigenvalue weighted by molar-refractivity contribution is 5.76. The first-order valence-electron chi connectivity index (χ1n) is 4.13. The number of aliphatic carboxylic acids is 1. The van der Waals surface area contributed by atoms with Crippen molar-refractivity contribution in [1.82, 2.24) is 0 Å². The number of fused-ring (bicyclic) bond motifs is 1. The minimum absolute atomic E-state index is 0.0153. The Balaban J connectivity index is 2.44. The van der Waals surface area contributed by atoms with Gasteiger partial charge in [-0.3, -0.25) is 0 Å². The fraction of sp³-hybridized carbons (Fsp3) is 0.222. The van der Waals surface area contributed by atoms with E-state index in [1.807, 2.05) is 0 Å². The van der Waals surface area contributed by atoms with Gasteiger partial charge in [0.15, 0.2) is 17.6 Å². The highest BCUT2D eigenvalue weighted by Gasteiger charge is 2.24. The summed E-state index contributed by atoms with van der Waals surface area (Å²) in [5, 5.41) is 27.3. The van der Waals surface area contributed by atoms with Crippen molar-refractivity contribution in [3.63, 3.8) is 0 Å². The molecule has 0 aromatic heterocycles. The van der Waals surface area contributed by atoms with Crippen LogP contribution in [0.2, 0.25) is 0 Å². The fourth-order valence-electron chi connectivity index (χ4n) is 1.30. The molecule has 0 saturated heterocycles. The van der Waals surface area contributed by atoms with E-state index in [1.165, 1.54) is 12.1 Å². The first-order chi connectivity index (χ1) is 7.09. The van der Waals surface area contributed by atoms with Gasteiger partial charge in [-0.1, -0.05) is 0 Å². The van der Waals surface area contributed by atoms with Gasteiger partial charge in [0, 0.05) is 11.6 Å². The van der Waals surface area contributed by atoms with Gasteiger partial charge in [0.05, 0.1) is 0 Å². The van der Waals surface area contributed by atoms with E-state index in [0.717, 1.165) is 0 Å². The summed E-state index contributed by atoms with van der Waals surface area (Å²) in [7, 11) is 0. The maximum absolute atomic E-state index is 10.5. The molecule has 0 fully saturated rings. The molecule has 1 aromatic rings. The first kappa shape index (κ1) is 9.60. The van der Waals surface area contributed by atoms with Gasteiger partial charge in [-0.2, -0.15) is 0 Å². The molecule has 1 aliphatic heterocycles. The lowest BCUT2D eigenvalue weighted by atomic mass is 10.1. The standard InChI is InChI=1S/C9H8O6/c10-5-2-7-6(14-3-15-7)1-4(5)8(11)9(12)13/h1-2,8,10-11H,3H2,(H,12,13). The van der Waals surface area contributed by atoms with E-state index in [1.54, 1.807) is 0 Å². The fourth-order valence-corrected chi connectivity index (χ4v) is 1.30. The number of rotatable bonds is 2. The predicted molar refractivity (Wildman–Crippen MR) is 46.8 cm³/mol. The Kier molecular flexibility index (Phi) is 2.12. The molecule has 0 aliphatic carbocycles. The van der Waals surface area contributed by atoms with Crippen LogP contribution in [0.5, 0.6) is 17.2 Å². The van der Waals surface area contributed by atoms with E-state index < -0.39 is 12.1 Å². The third kappa shape index (κ3) is 1.55. The largest absolute Gasteiger partial charge is 0.507 e. The van der Waals surface area contributed by atoms with Crippen LogP contribution in [0.1, 0.15) is 11.7 Å². The zero-order chi connectivity index (χ0) is 11.0. The lowest BCUT2D eigenvalue weighted by Gasteiger charge is -2.08. The Morgan fingerprint density at radius 1 is 1.33 bits per heavy atom. The summed E-state index contributed by atoms with van der Waals surface area (Å²) < 4.78 is 9.95. The van der Waals surface area contributed by atoms with Crippen LogP contribution in [0.25, 0.3) is 0 Å². The second-order valence-electron chi connectivity index (χ2n) is 3.01. The molecule has 1 atom stereocenters. The molecule has 80 valence electrons. The van der Waals surface area contributed by atoms with Gasteiger partial charge in [-0.15, -0.1) is 0 Å². The second-order valence-corrected chi connectivity index (χ2v) is 3.01. The van der Waals surface area contributed by atoms with Gasteiger partial charge < -0.3 is 24.8 Å². The molecule has 6 nitrogen and oxygen atoms in total. The molecule has 1 aliphatic rings. The number of carbonyl (C=O) groups is 1. The zero-order valence-corrected chi connectivity index (χ0v) is 7.51. The van der Waals surface area contributed by atoms with Gasteiger partial charge in [0.1, 0.15) is 5.75 Å². The zero-order valence-electron chi connectivity index (χ0n) is 7.51. The Morgan fingerprint density at radius 2 is 1.93 bits per heavy atom. The number of ether oxygens (including phenoxy) is 2. The van der Waals surface area contributed by atoms with E-state index in [4.69, 9.17) is 14.6 Å². The number of hydrogen-bond acceptors (Lipinski definition) is 5. The van der Waals surface area contributed by atoms with Crippen molar-refractivity contribution in [1.29, 1.82) is 0 Å². The molecule has 0 saturated carbocycles. The van der Waals surface area contributed by atoms with Crippen LogP contribution in [-0.2, 0) is 4.79 Å². The highest BCUT2D eigenvalue weighted by atomic mass is 16.7. The number of hydrogen-bond donors (Lipinski definition) is 3. The van der Waals surface area contributed by atoms with Crippen molar-refractivity contribution in [2.24, 2.45) is 0 Å². The molecule has 1 aromatic carbocycles. The van der Waals surface area contributed by atoms with Crippen LogP contribution < -0.4 is 9.47 Å². The third-order valence-corrected chi connectivity index (χ3v) is 2.05. The summed E-state index contributed by atoms with van der Waals surface area (Å²) in [6.07, 6.45) is -1.78. The van der Waals surface area contributed by atoms with Crippen LogP contribution in [0.3, 0.4) is 0 Å². The van der Waals surface area contributed by atoms with Crippen molar-refractivity contribution in [3.8, 4) is 17.2 Å². The predicted octanol–water partition coefficient (Wildman–Crippen LogP) is 0.239. The molecule has 1 unspecified atom stereocenters. The van der Waals surface area contributed by atoms with E-state index in [-0.39, 0.29) is 18.1 Å². The smallest absolute Gasteiger partial charge is 0.337 e. The minimum Gasteiger partial charge on any atom is -0.507 e. The van der Waals surface area contributed by atoms with Gasteiger partial charge in [-0.25, -0.2) is 4.79 Å². The molecule has 2 rings (SSSR count). The minimum atomic E-state index is -1.78. The van der Waals surface area contributed by atoms with Gasteiger partial charge in [-0.05, 0) is 6.07 Å². The van der Waals surface area contributed by atoms with E-state index in [9.17, 15) is 15.0 Å². The number of aliphatic hydroxyl groups excluding tert-OH is 1. The average molecular weight is 212 g/mol. The number of benzene rings is 1. The maximum atomic E-state index is 10.5. The summed E-state index contributed by atoms with van der Waals surface area (Å²) in [6, 6.07) is 2.46. The molecule has 15 heavy (non-hydrogen) atoms. The van der Waals surface area contributed by atoms with Gasteiger partial charge in [0.2, 0.25) is 6.79 Å². The van der Waals surface area contributed by atoms with Crippen LogP contribution >= 0.6 is 0 Å². The lowest BCUT2D eigenvalue weighted by molar-refractivity contribution is -0.147. The Hall–Kier alpha value is -1.95. The third-order valence-electron chi connectivity index (χ3n) is 2.05. The molecular formula is C9H8O6. The summed E-state index contributed by atoms with van der Waals surface area (Å²) in [4.78, 5) is 10.5. The van der Waals surface area contributed by atoms with Crippen molar-refractivity contribution in [2.75, 3.05) is 6.79 Å². The molecule has 6 heteroatoms. The van der Waals surface area contributed by atoms with Crippen LogP contribution in [0, 0.1) is 0 Å². The summed E-state index contributed by atoms with van der Waals surface area (Å²) >= 11 is 0. The Bertz CT molecular complexity index is 413. The SMILES string of the molecule is O=C(O)C(O)c1cc2c(cc1O)OCO2. The molecule has 0 amide bonds. The normalized spacial score (nSPS) is 15.0. The van der Waals surface area contributed by atoms with E-state index in [2.05, 4.69) is 0 Å². The maximum Gasteiger partial charge on any atom is 0.337 e. The van der Waals surface area contributed by atoms with Crippen molar-refractivity contribution in [3.05, 3.63) is 17.7 Å². The quantitative estimate of drug-likeness (QED) is 0.649. The van der Waals surface area contributed by atoms with Crippen LogP contribution in [0.15, 0.2) is 12.1 Å². The average Bonchev–Trinajstić information content (AvgIpc) is 2.62. The summed E-state index contributed by atoms with van der Waals surface area (Å²) in [5.74, 6) is -1.14. The molecule has 1 heterocycles. The monoisotopic (exact) mass is 212 g/mol. The van der Waals surface area contributed by atoms with Crippen molar-refractivity contribution < 1.29 is 29.6 Å². The lowest BCUT2D eigenvalue weighted by Crippen LogP contribution is -2.10. The Morgan fingerprint density at radius 3 is 2.53 bits per heavy atom. The molecule has 0 spiro atoms. The van der Waals surface area contributed by atoms with E-state index >= 15 is 0 Å². The van der Waals surface area contributed by atoms with Crippen LogP contribution in [-0.4, -0.2) is 28.1 Å². The van der Waals surface area contributed by atoms with Crippen molar-refractivity contribution in [2.45, 2.75) is 6.10 Å². The topological polar surface area (TPSA) is 96.2 Å². The molecule has 0 radical (unpaired) electrons. The van der Waals surface area contributed by atoms with Crippen LogP contribution in [0.4, 0.5) is 0 Å². The van der Waals surface area contributed by atoms with Gasteiger partial charge >= 0.3 is 5.97 Å². The molecular weight excluding hydrogens is 204 g/mol. The number of phenols is 1. The summed E-state index contributed by atoms with van der Waals surface area (Å²) in [5.41, 5.74) is -0.119. The Labute approximate surface area is 84.3 Å². The van der Waals surface area contributed by atoms with Gasteiger partial charge in [0.25, 0.3) is 0 Å². The highest BCUT2D eigenvalue weighted by Crippen LogP contribution is 2.39. The molecule has 3 N–H and O–H groups in total.